The number of aromatic nitrogens is 1. The van der Waals surface area contributed by atoms with E-state index in [1.165, 1.54) is 41.8 Å². The first-order chi connectivity index (χ1) is 13.1. The van der Waals surface area contributed by atoms with Crippen molar-refractivity contribution >= 4 is 22.3 Å². The van der Waals surface area contributed by atoms with Crippen molar-refractivity contribution in [1.29, 1.82) is 0 Å². The summed E-state index contributed by atoms with van der Waals surface area (Å²) >= 11 is 1.45. The zero-order valence-electron chi connectivity index (χ0n) is 15.8. The minimum atomic E-state index is -0.0739. The van der Waals surface area contributed by atoms with Crippen molar-refractivity contribution in [2.75, 3.05) is 13.1 Å². The quantitative estimate of drug-likeness (QED) is 0.724. The smallest absolute Gasteiger partial charge is 0.202 e. The van der Waals surface area contributed by atoms with E-state index >= 15 is 0 Å². The van der Waals surface area contributed by atoms with Crippen LogP contribution in [0.5, 0.6) is 5.75 Å². The standard InChI is InChI=1S/C21H24N2O3S/c1-3-14-9-15-19(25)17(21-22-13(2)12-27-21)11-26-20(15)16(18(14)24)10-23-7-5-4-6-8-23/h9,11-12,24H,3-8,10H2,1-2H3/p+1. The van der Waals surface area contributed by atoms with Crippen LogP contribution in [-0.2, 0) is 13.0 Å². The Bertz CT molecular complexity index is 1030. The maximum Gasteiger partial charge on any atom is 0.202 e. The number of fused-ring (bicyclic) bond motifs is 1. The summed E-state index contributed by atoms with van der Waals surface area (Å²) in [4.78, 5) is 19.0. The molecule has 1 saturated heterocycles. The van der Waals surface area contributed by atoms with Gasteiger partial charge in [-0.1, -0.05) is 6.92 Å². The van der Waals surface area contributed by atoms with Crippen molar-refractivity contribution in [3.05, 3.63) is 44.8 Å². The molecule has 3 aromatic rings. The van der Waals surface area contributed by atoms with E-state index in [9.17, 15) is 9.90 Å². The predicted molar refractivity (Wildman–Crippen MR) is 108 cm³/mol. The van der Waals surface area contributed by atoms with Gasteiger partial charge in [-0.15, -0.1) is 11.3 Å². The van der Waals surface area contributed by atoms with E-state index in [1.807, 2.05) is 19.2 Å². The van der Waals surface area contributed by atoms with Gasteiger partial charge in [-0.05, 0) is 44.2 Å². The molecule has 1 aromatic carbocycles. The highest BCUT2D eigenvalue weighted by Gasteiger charge is 2.23. The van der Waals surface area contributed by atoms with E-state index in [0.29, 0.717) is 34.5 Å². The molecule has 5 nitrogen and oxygen atoms in total. The number of piperidine rings is 1. The molecule has 0 amide bonds. The lowest BCUT2D eigenvalue weighted by atomic mass is 10.00. The molecule has 1 fully saturated rings. The number of phenolic OH excluding ortho intramolecular Hbond substituents is 1. The number of likely N-dealkylation sites (tertiary alicyclic amines) is 1. The van der Waals surface area contributed by atoms with Crippen LogP contribution in [0.3, 0.4) is 0 Å². The van der Waals surface area contributed by atoms with Crippen LogP contribution in [0.2, 0.25) is 0 Å². The van der Waals surface area contributed by atoms with E-state index in [-0.39, 0.29) is 11.2 Å². The van der Waals surface area contributed by atoms with Crippen LogP contribution < -0.4 is 10.3 Å². The molecule has 1 aliphatic rings. The van der Waals surface area contributed by atoms with Crippen LogP contribution in [0.15, 0.2) is 26.9 Å². The lowest BCUT2D eigenvalue weighted by molar-refractivity contribution is -0.918. The summed E-state index contributed by atoms with van der Waals surface area (Å²) in [6.07, 6.45) is 5.86. The van der Waals surface area contributed by atoms with Gasteiger partial charge in [0.2, 0.25) is 5.43 Å². The van der Waals surface area contributed by atoms with E-state index in [2.05, 4.69) is 4.98 Å². The topological polar surface area (TPSA) is 67.8 Å². The summed E-state index contributed by atoms with van der Waals surface area (Å²) < 4.78 is 5.93. The van der Waals surface area contributed by atoms with Gasteiger partial charge in [0.05, 0.1) is 29.6 Å². The number of hydrogen-bond donors (Lipinski definition) is 2. The Kier molecular flexibility index (Phi) is 5.02. The summed E-state index contributed by atoms with van der Waals surface area (Å²) in [6.45, 7) is 6.79. The van der Waals surface area contributed by atoms with Gasteiger partial charge >= 0.3 is 0 Å². The largest absolute Gasteiger partial charge is 0.507 e. The normalized spacial score (nSPS) is 15.5. The fourth-order valence-corrected chi connectivity index (χ4v) is 4.73. The number of quaternary nitrogens is 1. The second kappa shape index (κ2) is 7.44. The molecular formula is C21H25N2O3S+. The summed E-state index contributed by atoms with van der Waals surface area (Å²) in [5.74, 6) is 0.282. The van der Waals surface area contributed by atoms with Crippen LogP contribution in [0.4, 0.5) is 0 Å². The zero-order chi connectivity index (χ0) is 19.0. The number of rotatable bonds is 4. The average molecular weight is 386 g/mol. The fourth-order valence-electron chi connectivity index (χ4n) is 3.93. The molecular weight excluding hydrogens is 360 g/mol. The average Bonchev–Trinajstić information content (AvgIpc) is 3.11. The predicted octanol–water partition coefficient (Wildman–Crippen LogP) is 3.06. The minimum Gasteiger partial charge on any atom is -0.507 e. The van der Waals surface area contributed by atoms with Crippen molar-refractivity contribution in [2.45, 2.75) is 46.1 Å². The van der Waals surface area contributed by atoms with Crippen LogP contribution in [-0.4, -0.2) is 23.2 Å². The maximum absolute atomic E-state index is 13.2. The summed E-state index contributed by atoms with van der Waals surface area (Å²) in [6, 6.07) is 1.79. The molecule has 0 spiro atoms. The lowest BCUT2D eigenvalue weighted by Crippen LogP contribution is -3.11. The van der Waals surface area contributed by atoms with Crippen LogP contribution in [0, 0.1) is 6.92 Å². The van der Waals surface area contributed by atoms with Gasteiger partial charge in [0.25, 0.3) is 0 Å². The fraction of sp³-hybridized carbons (Fsp3) is 0.429. The summed E-state index contributed by atoms with van der Waals surface area (Å²) in [5.41, 5.74) is 3.39. The molecule has 2 aromatic heterocycles. The van der Waals surface area contributed by atoms with Gasteiger partial charge in [-0.3, -0.25) is 4.79 Å². The van der Waals surface area contributed by atoms with Crippen LogP contribution >= 0.6 is 11.3 Å². The number of nitrogens with zero attached hydrogens (tertiary/aromatic N) is 1. The number of aromatic hydroxyl groups is 1. The maximum atomic E-state index is 13.2. The molecule has 0 atom stereocenters. The molecule has 0 saturated carbocycles. The second-order valence-electron chi connectivity index (χ2n) is 7.35. The van der Waals surface area contributed by atoms with E-state index in [0.717, 1.165) is 29.9 Å². The van der Waals surface area contributed by atoms with Gasteiger partial charge in [0, 0.05) is 11.1 Å². The zero-order valence-corrected chi connectivity index (χ0v) is 16.6. The molecule has 0 bridgehead atoms. The monoisotopic (exact) mass is 385 g/mol. The lowest BCUT2D eigenvalue weighted by Gasteiger charge is -2.24. The van der Waals surface area contributed by atoms with Gasteiger partial charge < -0.3 is 14.4 Å². The first-order valence-electron chi connectivity index (χ1n) is 9.63. The van der Waals surface area contributed by atoms with Gasteiger partial charge in [-0.25, -0.2) is 4.98 Å². The highest BCUT2D eigenvalue weighted by molar-refractivity contribution is 7.13. The number of phenols is 1. The third-order valence-corrected chi connectivity index (χ3v) is 6.42. The third-order valence-electron chi connectivity index (χ3n) is 5.43. The van der Waals surface area contributed by atoms with E-state index < -0.39 is 0 Å². The van der Waals surface area contributed by atoms with Crippen molar-refractivity contribution in [3.63, 3.8) is 0 Å². The highest BCUT2D eigenvalue weighted by atomic mass is 32.1. The number of hydrogen-bond acceptors (Lipinski definition) is 5. The first kappa shape index (κ1) is 18.2. The number of nitrogens with one attached hydrogen (secondary N) is 1. The van der Waals surface area contributed by atoms with Gasteiger partial charge in [-0.2, -0.15) is 0 Å². The number of aryl methyl sites for hydroxylation is 2. The first-order valence-corrected chi connectivity index (χ1v) is 10.5. The van der Waals surface area contributed by atoms with Crippen molar-refractivity contribution in [1.82, 2.24) is 4.98 Å². The Labute approximate surface area is 162 Å². The summed E-state index contributed by atoms with van der Waals surface area (Å²) in [7, 11) is 0. The third kappa shape index (κ3) is 3.39. The Morgan fingerprint density at radius 1 is 1.30 bits per heavy atom. The summed E-state index contributed by atoms with van der Waals surface area (Å²) in [5, 5.41) is 14.0. The molecule has 6 heteroatoms. The number of benzene rings is 1. The second-order valence-corrected chi connectivity index (χ2v) is 8.21. The Morgan fingerprint density at radius 2 is 2.07 bits per heavy atom. The molecule has 27 heavy (non-hydrogen) atoms. The number of thiazole rings is 1. The van der Waals surface area contributed by atoms with Crippen molar-refractivity contribution < 1.29 is 14.4 Å². The highest BCUT2D eigenvalue weighted by Crippen LogP contribution is 2.32. The van der Waals surface area contributed by atoms with E-state index in [1.54, 1.807) is 6.07 Å². The Hall–Kier alpha value is -2.18. The molecule has 142 valence electrons. The molecule has 0 aliphatic carbocycles. The molecule has 2 N–H and O–H groups in total. The van der Waals surface area contributed by atoms with Gasteiger partial charge in [0.15, 0.2) is 0 Å². The van der Waals surface area contributed by atoms with Crippen LogP contribution in [0.25, 0.3) is 21.5 Å². The Balaban J connectivity index is 1.87. The molecule has 0 unspecified atom stereocenters. The molecule has 4 rings (SSSR count). The molecule has 0 radical (unpaired) electrons. The molecule has 1 aliphatic heterocycles. The van der Waals surface area contributed by atoms with Gasteiger partial charge in [0.1, 0.15) is 29.1 Å². The molecule has 3 heterocycles. The SMILES string of the molecule is CCc1cc2c(=O)c(-c3nc(C)cs3)coc2c(C[NH+]2CCCCC2)c1O. The van der Waals surface area contributed by atoms with Crippen LogP contribution in [0.1, 0.15) is 43.0 Å². The van der Waals surface area contributed by atoms with Crippen molar-refractivity contribution in [2.24, 2.45) is 0 Å². The Morgan fingerprint density at radius 3 is 2.74 bits per heavy atom. The van der Waals surface area contributed by atoms with E-state index in [4.69, 9.17) is 4.42 Å². The minimum absolute atomic E-state index is 0.0739. The van der Waals surface area contributed by atoms with Crippen molar-refractivity contribution in [3.8, 4) is 16.3 Å².